The molecule has 0 aliphatic carbocycles. The summed E-state index contributed by atoms with van der Waals surface area (Å²) in [5.74, 6) is -0.624. The van der Waals surface area contributed by atoms with Crippen molar-refractivity contribution in [3.63, 3.8) is 0 Å². The number of carbonyl (C=O) groups is 4. The van der Waals surface area contributed by atoms with Crippen LogP contribution in [-0.4, -0.2) is 88.8 Å². The van der Waals surface area contributed by atoms with Crippen LogP contribution in [0.3, 0.4) is 0 Å². The summed E-state index contributed by atoms with van der Waals surface area (Å²) in [7, 11) is 0. The molecule has 0 bridgehead atoms. The molecule has 3 aliphatic heterocycles. The lowest BCUT2D eigenvalue weighted by Crippen LogP contribution is -2.58. The SMILES string of the molecule is CCc1cc(N2C(=S)N(c3ccc(C#N)c(C(F)(F)F)c3)C(=O)C2(C)C)ccc1OCCN1C[C@@H](C)N(CC(=O)Cc2cc(Cl)cc(CC3CCC(=O)NC3=O)c2)C[C@H]1C. The number of ether oxygens (including phenoxy) is 1. The van der Waals surface area contributed by atoms with Crippen molar-refractivity contribution >= 4 is 63.8 Å². The Labute approximate surface area is 358 Å². The Kier molecular flexibility index (Phi) is 13.4. The van der Waals surface area contributed by atoms with E-state index in [9.17, 15) is 37.6 Å². The first-order valence-electron chi connectivity index (χ1n) is 20.0. The van der Waals surface area contributed by atoms with E-state index in [0.717, 1.165) is 40.3 Å². The molecule has 318 valence electrons. The standard InChI is InChI=1S/C44H48ClF3N6O5S/c1-6-30-20-35(54-42(60)53(41(58)43(54,4)5)34-9-7-32(22-49)37(21-34)44(46,47)48)10-11-38(30)59-14-13-51-23-27(3)52(24-26(51)2)25-36(55)19-29-15-28(17-33(45)18-29)16-31-8-12-39(56)50-40(31)57/h7,9-11,15,17-18,20-21,26-27,31H,6,8,12-14,16,19,23-25H2,1-5H3,(H,50,56,57)/t26-,27-,31?/m1/s1. The number of halogens is 4. The quantitative estimate of drug-likeness (QED) is 0.144. The number of piperazine rings is 1. The van der Waals surface area contributed by atoms with Crippen molar-refractivity contribution in [3.8, 4) is 11.8 Å². The fraction of sp³-hybridized carbons (Fsp3) is 0.455. The van der Waals surface area contributed by atoms with E-state index in [1.165, 1.54) is 6.07 Å². The smallest absolute Gasteiger partial charge is 0.417 e. The summed E-state index contributed by atoms with van der Waals surface area (Å²) in [5.41, 5.74) is 0.109. The molecule has 3 aromatic rings. The van der Waals surface area contributed by atoms with Gasteiger partial charge in [-0.2, -0.15) is 18.4 Å². The van der Waals surface area contributed by atoms with Crippen LogP contribution in [0.4, 0.5) is 24.5 Å². The molecular weight excluding hydrogens is 817 g/mol. The second kappa shape index (κ2) is 18.0. The molecule has 3 fully saturated rings. The van der Waals surface area contributed by atoms with E-state index in [1.54, 1.807) is 43.0 Å². The monoisotopic (exact) mass is 864 g/mol. The number of ketones is 1. The minimum Gasteiger partial charge on any atom is -0.492 e. The largest absolute Gasteiger partial charge is 0.492 e. The maximum atomic E-state index is 13.8. The van der Waals surface area contributed by atoms with Gasteiger partial charge < -0.3 is 9.64 Å². The zero-order valence-corrected chi connectivity index (χ0v) is 35.8. The normalized spacial score (nSPS) is 21.3. The molecule has 1 unspecified atom stereocenters. The first kappa shape index (κ1) is 44.7. The van der Waals surface area contributed by atoms with E-state index in [-0.39, 0.29) is 52.8 Å². The van der Waals surface area contributed by atoms with Crippen molar-refractivity contribution in [1.29, 1.82) is 5.26 Å². The number of anilines is 2. The third-order valence-corrected chi connectivity index (χ3v) is 12.1. The molecule has 11 nitrogen and oxygen atoms in total. The Bertz CT molecular complexity index is 2250. The second-order valence-corrected chi connectivity index (χ2v) is 17.1. The van der Waals surface area contributed by atoms with E-state index in [4.69, 9.17) is 28.6 Å². The Morgan fingerprint density at radius 2 is 1.68 bits per heavy atom. The molecule has 1 N–H and O–H groups in total. The van der Waals surface area contributed by atoms with Gasteiger partial charge in [0.25, 0.3) is 5.91 Å². The molecule has 3 aliphatic rings. The lowest BCUT2D eigenvalue weighted by Gasteiger charge is -2.43. The summed E-state index contributed by atoms with van der Waals surface area (Å²) < 4.78 is 47.7. The van der Waals surface area contributed by atoms with Crippen LogP contribution in [0.5, 0.6) is 5.75 Å². The number of imide groups is 1. The molecule has 3 aromatic carbocycles. The van der Waals surface area contributed by atoms with E-state index < -0.39 is 28.7 Å². The van der Waals surface area contributed by atoms with E-state index in [1.807, 2.05) is 25.1 Å². The molecule has 0 saturated carbocycles. The van der Waals surface area contributed by atoms with Crippen LogP contribution in [0.15, 0.2) is 54.6 Å². The van der Waals surface area contributed by atoms with Crippen LogP contribution < -0.4 is 19.9 Å². The van der Waals surface area contributed by atoms with Gasteiger partial charge in [0.15, 0.2) is 10.9 Å². The number of amides is 3. The summed E-state index contributed by atoms with van der Waals surface area (Å²) in [5, 5.41) is 12.2. The highest BCUT2D eigenvalue weighted by atomic mass is 35.5. The number of rotatable bonds is 13. The maximum Gasteiger partial charge on any atom is 0.417 e. The highest BCUT2D eigenvalue weighted by Gasteiger charge is 2.51. The number of alkyl halides is 3. The summed E-state index contributed by atoms with van der Waals surface area (Å²) in [6.45, 7) is 12.3. The van der Waals surface area contributed by atoms with Gasteiger partial charge in [0.1, 0.15) is 17.9 Å². The molecule has 3 amide bonds. The molecule has 0 aromatic heterocycles. The third kappa shape index (κ3) is 9.68. The average molecular weight is 865 g/mol. The topological polar surface area (TPSA) is 126 Å². The predicted octanol–water partition coefficient (Wildman–Crippen LogP) is 6.89. The van der Waals surface area contributed by atoms with Crippen LogP contribution in [0.25, 0.3) is 0 Å². The zero-order valence-electron chi connectivity index (χ0n) is 34.2. The van der Waals surface area contributed by atoms with Crippen molar-refractivity contribution in [2.45, 2.75) is 90.5 Å². The number of piperidine rings is 1. The van der Waals surface area contributed by atoms with Gasteiger partial charge in [-0.3, -0.25) is 39.2 Å². The molecule has 60 heavy (non-hydrogen) atoms. The van der Waals surface area contributed by atoms with Gasteiger partial charge in [0, 0.05) is 61.2 Å². The number of nitrogens with one attached hydrogen (secondary N) is 1. The molecule has 3 atom stereocenters. The van der Waals surface area contributed by atoms with E-state index in [2.05, 4.69) is 29.0 Å². The van der Waals surface area contributed by atoms with E-state index >= 15 is 0 Å². The minimum atomic E-state index is -4.80. The summed E-state index contributed by atoms with van der Waals surface area (Å²) in [4.78, 5) is 58.2. The second-order valence-electron chi connectivity index (χ2n) is 16.3. The van der Waals surface area contributed by atoms with Gasteiger partial charge in [0.05, 0.1) is 29.4 Å². The number of hydrogen-bond acceptors (Lipinski definition) is 9. The number of aryl methyl sites for hydroxylation is 1. The molecule has 16 heteroatoms. The lowest BCUT2D eigenvalue weighted by molar-refractivity contribution is -0.138. The number of nitriles is 1. The maximum absolute atomic E-state index is 13.8. The number of benzene rings is 3. The number of Topliss-reactive ketones (excluding diaryl/α,β-unsaturated/α-hetero) is 1. The van der Waals surface area contributed by atoms with Crippen LogP contribution in [0.1, 0.15) is 75.3 Å². The van der Waals surface area contributed by atoms with Crippen molar-refractivity contribution in [2.75, 3.05) is 42.6 Å². The highest BCUT2D eigenvalue weighted by molar-refractivity contribution is 7.81. The number of thiocarbonyl (C=S) groups is 1. The fourth-order valence-corrected chi connectivity index (χ4v) is 9.12. The Morgan fingerprint density at radius 3 is 2.37 bits per heavy atom. The third-order valence-electron chi connectivity index (χ3n) is 11.6. The molecule has 3 heterocycles. The van der Waals surface area contributed by atoms with Gasteiger partial charge >= 0.3 is 6.18 Å². The van der Waals surface area contributed by atoms with Crippen LogP contribution in [-0.2, 0) is 44.6 Å². The molecular formula is C44H48ClF3N6O5S. The lowest BCUT2D eigenvalue weighted by atomic mass is 9.90. The van der Waals surface area contributed by atoms with Crippen molar-refractivity contribution in [1.82, 2.24) is 15.1 Å². The van der Waals surface area contributed by atoms with Gasteiger partial charge in [-0.1, -0.05) is 24.6 Å². The molecule has 3 saturated heterocycles. The fourth-order valence-electron chi connectivity index (χ4n) is 8.32. The first-order valence-corrected chi connectivity index (χ1v) is 20.8. The van der Waals surface area contributed by atoms with Gasteiger partial charge in [-0.25, -0.2) is 0 Å². The van der Waals surface area contributed by atoms with Crippen molar-refractivity contribution < 1.29 is 37.1 Å². The predicted molar refractivity (Wildman–Crippen MR) is 226 cm³/mol. The van der Waals surface area contributed by atoms with Crippen LogP contribution in [0.2, 0.25) is 5.02 Å². The summed E-state index contributed by atoms with van der Waals surface area (Å²) >= 11 is 12.1. The van der Waals surface area contributed by atoms with Gasteiger partial charge in [0.2, 0.25) is 11.8 Å². The van der Waals surface area contributed by atoms with Crippen LogP contribution >= 0.6 is 23.8 Å². The molecule has 6 rings (SSSR count). The first-order chi connectivity index (χ1) is 28.3. The van der Waals surface area contributed by atoms with Gasteiger partial charge in [-0.15, -0.1) is 0 Å². The number of hydrogen-bond donors (Lipinski definition) is 1. The van der Waals surface area contributed by atoms with Crippen molar-refractivity contribution in [2.24, 2.45) is 5.92 Å². The number of nitrogens with zero attached hydrogens (tertiary/aromatic N) is 5. The Hall–Kier alpha value is -4.88. The van der Waals surface area contributed by atoms with Crippen molar-refractivity contribution in [3.05, 3.63) is 87.4 Å². The van der Waals surface area contributed by atoms with Crippen LogP contribution in [0, 0.1) is 17.2 Å². The van der Waals surface area contributed by atoms with E-state index in [0.29, 0.717) is 68.4 Å². The number of carbonyl (C=O) groups excluding carboxylic acids is 4. The average Bonchev–Trinajstić information content (AvgIpc) is 3.35. The summed E-state index contributed by atoms with van der Waals surface area (Å²) in [6, 6.07) is 15.9. The zero-order chi connectivity index (χ0) is 43.7. The minimum absolute atomic E-state index is 0.0168. The Morgan fingerprint density at radius 1 is 1.00 bits per heavy atom. The highest BCUT2D eigenvalue weighted by Crippen LogP contribution is 2.40. The molecule has 0 radical (unpaired) electrons. The molecule has 0 spiro atoms. The Balaban J connectivity index is 1.04. The summed E-state index contributed by atoms with van der Waals surface area (Å²) in [6.07, 6.45) is -2.75. The van der Waals surface area contributed by atoms with Gasteiger partial charge in [-0.05, 0) is 124 Å².